The van der Waals surface area contributed by atoms with Crippen LogP contribution in [0.4, 0.5) is 0 Å². The second-order valence-corrected chi connectivity index (χ2v) is 3.17. The van der Waals surface area contributed by atoms with E-state index in [1.807, 2.05) is 0 Å². The zero-order chi connectivity index (χ0) is 13.6. The van der Waals surface area contributed by atoms with Gasteiger partial charge in [-0.25, -0.2) is 9.59 Å². The highest BCUT2D eigenvalue weighted by Crippen LogP contribution is 2.06. The molecule has 0 saturated heterocycles. The van der Waals surface area contributed by atoms with E-state index in [-0.39, 0.29) is 0 Å². The van der Waals surface area contributed by atoms with Gasteiger partial charge in [-0.15, -0.1) is 0 Å². The molecule has 0 aromatic carbocycles. The molecule has 0 bridgehead atoms. The van der Waals surface area contributed by atoms with Gasteiger partial charge in [0.25, 0.3) is 0 Å². The molecule has 5 N–H and O–H groups in total. The molecular weight excluding hydrogens is 236 g/mol. The molecule has 0 spiro atoms. The summed E-state index contributed by atoms with van der Waals surface area (Å²) in [7, 11) is 0. The Balaban J connectivity index is 4.28. The zero-order valence-corrected chi connectivity index (χ0v) is 8.76. The maximum absolute atomic E-state index is 10.6. The van der Waals surface area contributed by atoms with Crippen molar-refractivity contribution in [2.24, 2.45) is 0 Å². The Hall–Kier alpha value is -1.48. The molecule has 0 fully saturated rings. The number of aliphatic hydroxyl groups is 4. The lowest BCUT2D eigenvalue weighted by Crippen LogP contribution is -2.49. The molecule has 0 saturated carbocycles. The third-order valence-electron chi connectivity index (χ3n) is 1.88. The minimum atomic E-state index is -2.25. The third kappa shape index (κ3) is 4.91. The van der Waals surface area contributed by atoms with E-state index < -0.39 is 43.0 Å². The summed E-state index contributed by atoms with van der Waals surface area (Å²) >= 11 is 0. The van der Waals surface area contributed by atoms with E-state index in [4.69, 9.17) is 15.3 Å². The van der Waals surface area contributed by atoms with Crippen LogP contribution in [0.15, 0.2) is 12.7 Å². The van der Waals surface area contributed by atoms with Crippen LogP contribution in [-0.2, 0) is 14.3 Å². The molecule has 0 aliphatic heterocycles. The maximum atomic E-state index is 10.6. The fraction of sp³-hybridized carbons (Fsp3) is 0.556. The van der Waals surface area contributed by atoms with Gasteiger partial charge in [-0.2, -0.15) is 0 Å². The molecule has 0 aromatic heterocycles. The van der Waals surface area contributed by atoms with Crippen LogP contribution in [0.25, 0.3) is 0 Å². The number of carbonyl (C=O) groups is 2. The number of carboxylic acid groups (broad SMARTS) is 1. The normalized spacial score (nSPS) is 17.6. The number of ether oxygens (including phenoxy) is 1. The number of carbonyl (C=O) groups excluding carboxylic acids is 1. The first-order valence-electron chi connectivity index (χ1n) is 4.55. The largest absolute Gasteiger partial charge is 0.479 e. The highest BCUT2D eigenvalue weighted by atomic mass is 16.5. The summed E-state index contributed by atoms with van der Waals surface area (Å²) in [4.78, 5) is 20.9. The highest BCUT2D eigenvalue weighted by Gasteiger charge is 2.34. The second-order valence-electron chi connectivity index (χ2n) is 3.17. The highest BCUT2D eigenvalue weighted by molar-refractivity contribution is 5.81. The van der Waals surface area contributed by atoms with Gasteiger partial charge in [0.05, 0.1) is 0 Å². The SMILES string of the molecule is C=CC(=O)OC[C@@H](O)[C@@H](O)[C@H](O)[C@@H](O)C(=O)O. The van der Waals surface area contributed by atoms with E-state index in [2.05, 4.69) is 11.3 Å². The third-order valence-corrected chi connectivity index (χ3v) is 1.88. The smallest absolute Gasteiger partial charge is 0.335 e. The van der Waals surface area contributed by atoms with Gasteiger partial charge in [0.15, 0.2) is 6.10 Å². The average Bonchev–Trinajstić information content (AvgIpc) is 2.32. The predicted molar refractivity (Wildman–Crippen MR) is 52.8 cm³/mol. The van der Waals surface area contributed by atoms with E-state index in [0.717, 1.165) is 6.08 Å². The molecule has 0 heterocycles. The number of hydrogen-bond donors (Lipinski definition) is 5. The van der Waals surface area contributed by atoms with Crippen LogP contribution in [0.3, 0.4) is 0 Å². The van der Waals surface area contributed by atoms with Crippen LogP contribution in [0.2, 0.25) is 0 Å². The van der Waals surface area contributed by atoms with Crippen molar-refractivity contribution >= 4 is 11.9 Å². The van der Waals surface area contributed by atoms with Crippen molar-refractivity contribution in [3.05, 3.63) is 12.7 Å². The maximum Gasteiger partial charge on any atom is 0.335 e. The Morgan fingerprint density at radius 1 is 1.18 bits per heavy atom. The fourth-order valence-electron chi connectivity index (χ4n) is 0.885. The molecule has 8 heteroatoms. The Labute approximate surface area is 96.4 Å². The second kappa shape index (κ2) is 6.97. The minimum Gasteiger partial charge on any atom is -0.479 e. The number of esters is 1. The van der Waals surface area contributed by atoms with Crippen LogP contribution in [0, 0.1) is 0 Å². The van der Waals surface area contributed by atoms with Crippen molar-refractivity contribution < 1.29 is 39.9 Å². The Bertz CT molecular complexity index is 289. The van der Waals surface area contributed by atoms with E-state index in [1.165, 1.54) is 0 Å². The summed E-state index contributed by atoms with van der Waals surface area (Å²) in [5, 5.41) is 44.9. The van der Waals surface area contributed by atoms with Crippen molar-refractivity contribution in [1.82, 2.24) is 0 Å². The molecule has 0 aliphatic carbocycles. The summed E-state index contributed by atoms with van der Waals surface area (Å²) in [5.74, 6) is -2.61. The first-order chi connectivity index (χ1) is 7.81. The van der Waals surface area contributed by atoms with Crippen LogP contribution in [0.1, 0.15) is 0 Å². The fourth-order valence-corrected chi connectivity index (χ4v) is 0.885. The van der Waals surface area contributed by atoms with E-state index in [0.29, 0.717) is 0 Å². The molecule has 17 heavy (non-hydrogen) atoms. The van der Waals surface area contributed by atoms with Gasteiger partial charge in [0, 0.05) is 6.08 Å². The van der Waals surface area contributed by atoms with Crippen molar-refractivity contribution in [3.63, 3.8) is 0 Å². The topological polar surface area (TPSA) is 145 Å². The standard InChI is InChI=1S/C9H14O8/c1-2-5(11)17-3-4(10)6(12)7(13)8(14)9(15)16/h2,4,6-8,10,12-14H,1,3H2,(H,15,16)/t4-,6-,7+,8-/m1/s1. The first kappa shape index (κ1) is 15.5. The van der Waals surface area contributed by atoms with Crippen LogP contribution >= 0.6 is 0 Å². The Morgan fingerprint density at radius 3 is 2.12 bits per heavy atom. The molecule has 8 nitrogen and oxygen atoms in total. The van der Waals surface area contributed by atoms with E-state index in [1.54, 1.807) is 0 Å². The molecular formula is C9H14O8. The zero-order valence-electron chi connectivity index (χ0n) is 8.76. The van der Waals surface area contributed by atoms with Crippen molar-refractivity contribution in [1.29, 1.82) is 0 Å². The Kier molecular flexibility index (Phi) is 6.36. The molecule has 4 atom stereocenters. The molecule has 0 radical (unpaired) electrons. The van der Waals surface area contributed by atoms with Gasteiger partial charge < -0.3 is 30.3 Å². The summed E-state index contributed by atoms with van der Waals surface area (Å²) in [6.07, 6.45) is -7.25. The van der Waals surface area contributed by atoms with Gasteiger partial charge in [0.1, 0.15) is 24.9 Å². The van der Waals surface area contributed by atoms with Crippen LogP contribution < -0.4 is 0 Å². The average molecular weight is 250 g/mol. The molecule has 98 valence electrons. The number of hydrogen-bond acceptors (Lipinski definition) is 7. The number of aliphatic carboxylic acids is 1. The summed E-state index contributed by atoms with van der Waals surface area (Å²) in [5.41, 5.74) is 0. The summed E-state index contributed by atoms with van der Waals surface area (Å²) in [6.45, 7) is 2.41. The minimum absolute atomic E-state index is 0.671. The Morgan fingerprint density at radius 2 is 1.71 bits per heavy atom. The van der Waals surface area contributed by atoms with Gasteiger partial charge in [-0.1, -0.05) is 6.58 Å². The van der Waals surface area contributed by atoms with Gasteiger partial charge in [-0.3, -0.25) is 0 Å². The first-order valence-corrected chi connectivity index (χ1v) is 4.55. The summed E-state index contributed by atoms with van der Waals surface area (Å²) in [6, 6.07) is 0. The van der Waals surface area contributed by atoms with Crippen molar-refractivity contribution in [2.75, 3.05) is 6.61 Å². The summed E-state index contributed by atoms with van der Waals surface area (Å²) < 4.78 is 4.36. The molecule has 0 rings (SSSR count). The molecule has 0 aliphatic rings. The number of rotatable bonds is 7. The lowest BCUT2D eigenvalue weighted by molar-refractivity contribution is -0.167. The molecule has 0 aromatic rings. The lowest BCUT2D eigenvalue weighted by Gasteiger charge is -2.24. The van der Waals surface area contributed by atoms with Gasteiger partial charge in [0.2, 0.25) is 0 Å². The van der Waals surface area contributed by atoms with Crippen LogP contribution in [-0.4, -0.2) is 68.5 Å². The number of aliphatic hydroxyl groups excluding tert-OH is 4. The predicted octanol–water partition coefficient (Wildman–Crippen LogP) is -2.76. The van der Waals surface area contributed by atoms with Crippen molar-refractivity contribution in [2.45, 2.75) is 24.4 Å². The van der Waals surface area contributed by atoms with Crippen molar-refractivity contribution in [3.8, 4) is 0 Å². The van der Waals surface area contributed by atoms with E-state index in [9.17, 15) is 19.8 Å². The lowest BCUT2D eigenvalue weighted by atomic mass is 10.0. The molecule has 0 unspecified atom stereocenters. The number of carboxylic acids is 1. The van der Waals surface area contributed by atoms with E-state index >= 15 is 0 Å². The quantitative estimate of drug-likeness (QED) is 0.241. The monoisotopic (exact) mass is 250 g/mol. The van der Waals surface area contributed by atoms with Crippen LogP contribution in [0.5, 0.6) is 0 Å². The van der Waals surface area contributed by atoms with Gasteiger partial charge in [-0.05, 0) is 0 Å². The van der Waals surface area contributed by atoms with Gasteiger partial charge >= 0.3 is 11.9 Å². The molecule has 0 amide bonds.